The highest BCUT2D eigenvalue weighted by atomic mass is 32.2. The van der Waals surface area contributed by atoms with Crippen molar-refractivity contribution < 1.29 is 26.0 Å². The number of carbonyl (C=O) groups is 1. The van der Waals surface area contributed by atoms with Gasteiger partial charge in [-0.2, -0.15) is 4.31 Å². The number of nitrogens with zero attached hydrogens (tertiary/aromatic N) is 3. The summed E-state index contributed by atoms with van der Waals surface area (Å²) >= 11 is 0. The van der Waals surface area contributed by atoms with Gasteiger partial charge in [0.15, 0.2) is 9.84 Å². The summed E-state index contributed by atoms with van der Waals surface area (Å²) in [4.78, 5) is 12.9. The molecular formula is C25H22N4O6S2. The van der Waals surface area contributed by atoms with Gasteiger partial charge in [0.2, 0.25) is 15.9 Å². The molecule has 10 nitrogen and oxygen atoms in total. The lowest BCUT2D eigenvalue weighted by Gasteiger charge is -2.28. The number of aromatic nitrogens is 2. The fraction of sp³-hybridized carbons (Fsp3) is 0.160. The monoisotopic (exact) mass is 538 g/mol. The van der Waals surface area contributed by atoms with Crippen molar-refractivity contribution in [2.75, 3.05) is 18.1 Å². The second-order valence-electron chi connectivity index (χ2n) is 8.55. The Balaban J connectivity index is 1.28. The molecule has 2 heterocycles. The van der Waals surface area contributed by atoms with E-state index in [4.69, 9.17) is 4.42 Å². The van der Waals surface area contributed by atoms with Gasteiger partial charge in [0.1, 0.15) is 0 Å². The quantitative estimate of drug-likeness (QED) is 0.395. The first-order chi connectivity index (χ1) is 17.6. The van der Waals surface area contributed by atoms with Crippen LogP contribution < -0.4 is 5.32 Å². The average Bonchev–Trinajstić information content (AvgIpc) is 3.36. The summed E-state index contributed by atoms with van der Waals surface area (Å²) in [6.45, 7) is 0.682. The van der Waals surface area contributed by atoms with Crippen LogP contribution in [0.4, 0.5) is 6.01 Å². The first kappa shape index (κ1) is 24.8. The van der Waals surface area contributed by atoms with Crippen molar-refractivity contribution in [3.63, 3.8) is 0 Å². The molecule has 1 aromatic heterocycles. The zero-order chi connectivity index (χ0) is 26.2. The largest absolute Gasteiger partial charge is 0.403 e. The molecule has 1 aliphatic rings. The Kier molecular flexibility index (Phi) is 6.40. The van der Waals surface area contributed by atoms with E-state index in [0.29, 0.717) is 25.1 Å². The predicted molar refractivity (Wildman–Crippen MR) is 135 cm³/mol. The molecule has 12 heteroatoms. The maximum atomic E-state index is 13.1. The average molecular weight is 539 g/mol. The summed E-state index contributed by atoms with van der Waals surface area (Å²) in [7, 11) is -7.15. The number of rotatable bonds is 6. The summed E-state index contributed by atoms with van der Waals surface area (Å²) in [5.41, 5.74) is 2.70. The smallest absolute Gasteiger partial charge is 0.322 e. The molecule has 0 atom stereocenters. The SMILES string of the molecule is CS(=O)(=O)c1cccc(-c2nnc(NC(=O)c3ccc(S(=O)(=O)N4CCc5ccccc5C4)cc3)o2)c1. The normalized spacial score (nSPS) is 14.2. The van der Waals surface area contributed by atoms with Crippen LogP contribution in [0.15, 0.2) is 87.0 Å². The van der Waals surface area contributed by atoms with Crippen LogP contribution in [0.25, 0.3) is 11.5 Å². The van der Waals surface area contributed by atoms with Crippen LogP contribution in [-0.2, 0) is 32.8 Å². The molecule has 1 amide bonds. The third-order valence-electron chi connectivity index (χ3n) is 6.00. The molecule has 1 aliphatic heterocycles. The first-order valence-corrected chi connectivity index (χ1v) is 14.6. The van der Waals surface area contributed by atoms with Gasteiger partial charge in [0.25, 0.3) is 5.91 Å². The van der Waals surface area contributed by atoms with Crippen molar-refractivity contribution in [3.8, 4) is 11.5 Å². The Labute approximate surface area is 213 Å². The van der Waals surface area contributed by atoms with E-state index >= 15 is 0 Å². The fourth-order valence-corrected chi connectivity index (χ4v) is 6.11. The van der Waals surface area contributed by atoms with Crippen molar-refractivity contribution in [3.05, 3.63) is 89.5 Å². The number of sulfone groups is 1. The highest BCUT2D eigenvalue weighted by Gasteiger charge is 2.28. The van der Waals surface area contributed by atoms with Crippen LogP contribution in [-0.4, -0.2) is 50.0 Å². The summed E-state index contributed by atoms with van der Waals surface area (Å²) in [5, 5.41) is 10.1. The number of anilines is 1. The highest BCUT2D eigenvalue weighted by molar-refractivity contribution is 7.90. The molecule has 0 aliphatic carbocycles. The minimum absolute atomic E-state index is 0.0327. The third-order valence-corrected chi connectivity index (χ3v) is 8.97. The van der Waals surface area contributed by atoms with Crippen molar-refractivity contribution in [1.29, 1.82) is 0 Å². The highest BCUT2D eigenvalue weighted by Crippen LogP contribution is 2.26. The standard InChI is InChI=1S/C25H22N4O6S2/c1-36(31,32)22-8-4-7-19(15-22)24-27-28-25(35-24)26-23(30)18-9-11-21(12-10-18)37(33,34)29-14-13-17-5-2-3-6-20(17)16-29/h2-12,15H,13-14,16H2,1H3,(H,26,28,30). The van der Waals surface area contributed by atoms with Crippen LogP contribution >= 0.6 is 0 Å². The Hall–Kier alpha value is -3.87. The van der Waals surface area contributed by atoms with Gasteiger partial charge < -0.3 is 4.42 Å². The predicted octanol–water partition coefficient (Wildman–Crippen LogP) is 3.14. The summed E-state index contributed by atoms with van der Waals surface area (Å²) in [6, 6.07) is 19.2. The lowest BCUT2D eigenvalue weighted by atomic mass is 10.0. The molecule has 0 bridgehead atoms. The van der Waals surface area contributed by atoms with Crippen LogP contribution in [0, 0.1) is 0 Å². The van der Waals surface area contributed by atoms with Crippen LogP contribution in [0.1, 0.15) is 21.5 Å². The zero-order valence-corrected chi connectivity index (χ0v) is 21.3. The van der Waals surface area contributed by atoms with Crippen LogP contribution in [0.3, 0.4) is 0 Å². The fourth-order valence-electron chi connectivity index (χ4n) is 4.02. The topological polar surface area (TPSA) is 140 Å². The summed E-state index contributed by atoms with van der Waals surface area (Å²) in [6.07, 6.45) is 1.73. The molecule has 4 aromatic rings. The zero-order valence-electron chi connectivity index (χ0n) is 19.7. The Bertz CT molecular complexity index is 1700. The van der Waals surface area contributed by atoms with Crippen molar-refractivity contribution in [2.24, 2.45) is 0 Å². The van der Waals surface area contributed by atoms with Crippen molar-refractivity contribution in [2.45, 2.75) is 22.8 Å². The maximum Gasteiger partial charge on any atom is 0.322 e. The van der Waals surface area contributed by atoms with Crippen LogP contribution in [0.2, 0.25) is 0 Å². The molecule has 0 radical (unpaired) electrons. The second-order valence-corrected chi connectivity index (χ2v) is 12.5. The minimum atomic E-state index is -3.73. The van der Waals surface area contributed by atoms with Crippen molar-refractivity contribution >= 4 is 31.8 Å². The lowest BCUT2D eigenvalue weighted by molar-refractivity contribution is 0.102. The number of fused-ring (bicyclic) bond motifs is 1. The lowest BCUT2D eigenvalue weighted by Crippen LogP contribution is -2.35. The van der Waals surface area contributed by atoms with E-state index in [1.165, 1.54) is 40.7 Å². The molecule has 0 unspecified atom stereocenters. The van der Waals surface area contributed by atoms with E-state index < -0.39 is 25.8 Å². The number of sulfonamides is 1. The van der Waals surface area contributed by atoms with E-state index in [1.54, 1.807) is 12.1 Å². The molecule has 0 saturated heterocycles. The molecule has 0 fully saturated rings. The van der Waals surface area contributed by atoms with Gasteiger partial charge in [0.05, 0.1) is 9.79 Å². The van der Waals surface area contributed by atoms with E-state index in [1.807, 2.05) is 24.3 Å². The second kappa shape index (κ2) is 9.54. The van der Waals surface area contributed by atoms with E-state index in [2.05, 4.69) is 15.5 Å². The van der Waals surface area contributed by atoms with Crippen LogP contribution in [0.5, 0.6) is 0 Å². The van der Waals surface area contributed by atoms with Gasteiger partial charge >= 0.3 is 6.01 Å². The first-order valence-electron chi connectivity index (χ1n) is 11.2. The maximum absolute atomic E-state index is 13.1. The number of carbonyl (C=O) groups excluding carboxylic acids is 1. The molecule has 1 N–H and O–H groups in total. The molecule has 0 saturated carbocycles. The molecular weight excluding hydrogens is 516 g/mol. The van der Waals surface area contributed by atoms with Gasteiger partial charge in [-0.25, -0.2) is 16.8 Å². The van der Waals surface area contributed by atoms with Gasteiger partial charge in [0, 0.05) is 30.5 Å². The minimum Gasteiger partial charge on any atom is -0.403 e. The molecule has 190 valence electrons. The number of amides is 1. The van der Waals surface area contributed by atoms with E-state index in [9.17, 15) is 21.6 Å². The molecule has 37 heavy (non-hydrogen) atoms. The summed E-state index contributed by atoms with van der Waals surface area (Å²) in [5.74, 6) is -0.540. The number of nitrogens with one attached hydrogen (secondary N) is 1. The summed E-state index contributed by atoms with van der Waals surface area (Å²) < 4.78 is 56.8. The number of hydrogen-bond donors (Lipinski definition) is 1. The molecule has 0 spiro atoms. The van der Waals surface area contributed by atoms with E-state index in [0.717, 1.165) is 17.4 Å². The Morgan fingerprint density at radius 3 is 2.35 bits per heavy atom. The third kappa shape index (κ3) is 5.17. The van der Waals surface area contributed by atoms with E-state index in [-0.39, 0.29) is 27.3 Å². The number of benzene rings is 3. The van der Waals surface area contributed by atoms with Gasteiger partial charge in [-0.05, 0) is 60.0 Å². The molecule has 5 rings (SSSR count). The van der Waals surface area contributed by atoms with Gasteiger partial charge in [-0.3, -0.25) is 10.1 Å². The number of hydrogen-bond acceptors (Lipinski definition) is 8. The Morgan fingerprint density at radius 1 is 0.892 bits per heavy atom. The Morgan fingerprint density at radius 2 is 1.62 bits per heavy atom. The van der Waals surface area contributed by atoms with Gasteiger partial charge in [-0.15, -0.1) is 5.10 Å². The van der Waals surface area contributed by atoms with Crippen molar-refractivity contribution in [1.82, 2.24) is 14.5 Å². The molecule has 3 aromatic carbocycles. The van der Waals surface area contributed by atoms with Gasteiger partial charge in [-0.1, -0.05) is 35.4 Å².